The molecule has 0 unspecified atom stereocenters. The molecule has 0 fully saturated rings. The zero-order chi connectivity index (χ0) is 11.1. The first-order valence-corrected chi connectivity index (χ1v) is 6.62. The molecule has 0 atom stereocenters. The van der Waals surface area contributed by atoms with Crippen LogP contribution in [-0.4, -0.2) is 9.97 Å². The van der Waals surface area contributed by atoms with Gasteiger partial charge in [-0.2, -0.15) is 0 Å². The summed E-state index contributed by atoms with van der Waals surface area (Å²) in [5.41, 5.74) is 1.90. The molecule has 0 spiro atoms. The highest BCUT2D eigenvalue weighted by Gasteiger charge is 2.07. The highest BCUT2D eigenvalue weighted by Crippen LogP contribution is 2.31. The summed E-state index contributed by atoms with van der Waals surface area (Å²) in [6, 6.07) is 9.70. The molecule has 1 aromatic carbocycles. The van der Waals surface area contributed by atoms with Crippen molar-refractivity contribution in [2.24, 2.45) is 0 Å². The molecule has 0 bridgehead atoms. The molecule has 0 amide bonds. The van der Waals surface area contributed by atoms with E-state index in [2.05, 4.69) is 25.9 Å². The number of hydrogen-bond donors (Lipinski definition) is 1. The summed E-state index contributed by atoms with van der Waals surface area (Å²) < 4.78 is 1.10. The molecule has 1 N–H and O–H groups in total. The Morgan fingerprint density at radius 3 is 2.88 bits per heavy atom. The minimum Gasteiger partial charge on any atom is -0.337 e. The average molecular weight is 314 g/mol. The number of imidazole rings is 1. The number of nitrogens with zero attached hydrogens (tertiary/aromatic N) is 1. The maximum absolute atomic E-state index is 5.93. The second kappa shape index (κ2) is 3.87. The van der Waals surface area contributed by atoms with Crippen molar-refractivity contribution in [3.8, 4) is 10.7 Å². The second-order valence-corrected chi connectivity index (χ2v) is 6.25. The van der Waals surface area contributed by atoms with E-state index in [1.807, 2.05) is 30.3 Å². The monoisotopic (exact) mass is 312 g/mol. The third-order valence-electron chi connectivity index (χ3n) is 2.25. The molecule has 0 saturated heterocycles. The van der Waals surface area contributed by atoms with Crippen LogP contribution in [0.2, 0.25) is 5.02 Å². The number of halogens is 2. The van der Waals surface area contributed by atoms with Crippen LogP contribution in [0.15, 0.2) is 34.1 Å². The van der Waals surface area contributed by atoms with Crippen molar-refractivity contribution in [2.75, 3.05) is 0 Å². The maximum atomic E-state index is 5.93. The van der Waals surface area contributed by atoms with E-state index in [9.17, 15) is 0 Å². The first-order chi connectivity index (χ1) is 7.72. The van der Waals surface area contributed by atoms with Crippen LogP contribution in [0.25, 0.3) is 21.7 Å². The molecule has 0 radical (unpaired) electrons. The van der Waals surface area contributed by atoms with Gasteiger partial charge in [0.15, 0.2) is 0 Å². The van der Waals surface area contributed by atoms with E-state index in [1.165, 1.54) is 0 Å². The van der Waals surface area contributed by atoms with E-state index >= 15 is 0 Å². The third kappa shape index (κ3) is 1.77. The molecule has 80 valence electrons. The fraction of sp³-hybridized carbons (Fsp3) is 0. The van der Waals surface area contributed by atoms with Gasteiger partial charge >= 0.3 is 0 Å². The number of aromatic amines is 1. The quantitative estimate of drug-likeness (QED) is 0.692. The topological polar surface area (TPSA) is 28.7 Å². The van der Waals surface area contributed by atoms with Crippen molar-refractivity contribution in [3.05, 3.63) is 39.1 Å². The number of H-pyrrole nitrogens is 1. The number of benzene rings is 1. The lowest BCUT2D eigenvalue weighted by atomic mass is 10.3. The van der Waals surface area contributed by atoms with Gasteiger partial charge in [-0.05, 0) is 46.3 Å². The number of hydrogen-bond acceptors (Lipinski definition) is 2. The van der Waals surface area contributed by atoms with Crippen LogP contribution in [0.4, 0.5) is 0 Å². The van der Waals surface area contributed by atoms with Crippen molar-refractivity contribution in [2.45, 2.75) is 0 Å². The summed E-state index contributed by atoms with van der Waals surface area (Å²) in [5.74, 6) is 0.882. The lowest BCUT2D eigenvalue weighted by Gasteiger charge is -1.87. The summed E-state index contributed by atoms with van der Waals surface area (Å²) in [6.45, 7) is 0. The zero-order valence-corrected chi connectivity index (χ0v) is 11.2. The van der Waals surface area contributed by atoms with Crippen LogP contribution in [0.5, 0.6) is 0 Å². The lowest BCUT2D eigenvalue weighted by molar-refractivity contribution is 1.36. The van der Waals surface area contributed by atoms with Gasteiger partial charge in [-0.1, -0.05) is 11.6 Å². The maximum Gasteiger partial charge on any atom is 0.148 e. The minimum atomic E-state index is 0.718. The van der Waals surface area contributed by atoms with Gasteiger partial charge in [0.25, 0.3) is 0 Å². The van der Waals surface area contributed by atoms with E-state index in [0.717, 1.165) is 30.5 Å². The van der Waals surface area contributed by atoms with Crippen molar-refractivity contribution in [1.82, 2.24) is 9.97 Å². The summed E-state index contributed by atoms with van der Waals surface area (Å²) >= 11 is 11.0. The van der Waals surface area contributed by atoms with Gasteiger partial charge in [0.2, 0.25) is 0 Å². The predicted molar refractivity (Wildman–Crippen MR) is 72.1 cm³/mol. The molecule has 2 aromatic heterocycles. The van der Waals surface area contributed by atoms with Crippen molar-refractivity contribution in [1.29, 1.82) is 0 Å². The lowest BCUT2D eigenvalue weighted by Crippen LogP contribution is -1.72. The van der Waals surface area contributed by atoms with Gasteiger partial charge < -0.3 is 4.98 Å². The Morgan fingerprint density at radius 1 is 1.25 bits per heavy atom. The fourth-order valence-electron chi connectivity index (χ4n) is 1.54. The smallest absolute Gasteiger partial charge is 0.148 e. The summed E-state index contributed by atoms with van der Waals surface area (Å²) in [6.07, 6.45) is 0. The largest absolute Gasteiger partial charge is 0.337 e. The highest BCUT2D eigenvalue weighted by atomic mass is 79.9. The molecule has 3 rings (SSSR count). The Labute approximate surface area is 109 Å². The van der Waals surface area contributed by atoms with Crippen LogP contribution in [-0.2, 0) is 0 Å². The first kappa shape index (κ1) is 10.3. The highest BCUT2D eigenvalue weighted by molar-refractivity contribution is 9.11. The number of thiophene rings is 1. The molecule has 0 aliphatic heterocycles. The Kier molecular flexibility index (Phi) is 2.50. The van der Waals surface area contributed by atoms with Crippen LogP contribution in [0, 0.1) is 0 Å². The minimum absolute atomic E-state index is 0.718. The second-order valence-electron chi connectivity index (χ2n) is 3.35. The SMILES string of the molecule is Clc1ccc2nc(-c3ccc(Br)s3)[nH]c2c1. The van der Waals surface area contributed by atoms with Crippen molar-refractivity contribution in [3.63, 3.8) is 0 Å². The summed E-state index contributed by atoms with van der Waals surface area (Å²) in [4.78, 5) is 8.88. The Hall–Kier alpha value is -0.840. The van der Waals surface area contributed by atoms with E-state index in [0.29, 0.717) is 0 Å². The number of rotatable bonds is 1. The Balaban J connectivity index is 2.18. The van der Waals surface area contributed by atoms with Crippen LogP contribution < -0.4 is 0 Å². The molecule has 16 heavy (non-hydrogen) atoms. The van der Waals surface area contributed by atoms with Crippen LogP contribution in [0.1, 0.15) is 0 Å². The Morgan fingerprint density at radius 2 is 2.12 bits per heavy atom. The molecule has 3 aromatic rings. The van der Waals surface area contributed by atoms with Gasteiger partial charge in [-0.25, -0.2) is 4.98 Å². The van der Waals surface area contributed by atoms with Crippen molar-refractivity contribution < 1.29 is 0 Å². The van der Waals surface area contributed by atoms with Crippen LogP contribution >= 0.6 is 38.9 Å². The third-order valence-corrected chi connectivity index (χ3v) is 4.12. The number of aromatic nitrogens is 2. The summed E-state index contributed by atoms with van der Waals surface area (Å²) in [5, 5.41) is 0.718. The van der Waals surface area contributed by atoms with Gasteiger partial charge in [0, 0.05) is 5.02 Å². The van der Waals surface area contributed by atoms with E-state index in [-0.39, 0.29) is 0 Å². The molecule has 0 aliphatic rings. The van der Waals surface area contributed by atoms with Gasteiger partial charge in [0.05, 0.1) is 19.7 Å². The Bertz CT molecular complexity index is 659. The number of fused-ring (bicyclic) bond motifs is 1. The van der Waals surface area contributed by atoms with Gasteiger partial charge in [-0.3, -0.25) is 0 Å². The molecular weight excluding hydrogens is 308 g/mol. The molecule has 0 aliphatic carbocycles. The van der Waals surface area contributed by atoms with Crippen molar-refractivity contribution >= 4 is 49.9 Å². The first-order valence-electron chi connectivity index (χ1n) is 4.63. The summed E-state index contributed by atoms with van der Waals surface area (Å²) in [7, 11) is 0. The predicted octanol–water partition coefficient (Wildman–Crippen LogP) is 4.71. The van der Waals surface area contributed by atoms with E-state index in [1.54, 1.807) is 11.3 Å². The van der Waals surface area contributed by atoms with E-state index < -0.39 is 0 Å². The van der Waals surface area contributed by atoms with Gasteiger partial charge in [-0.15, -0.1) is 11.3 Å². The molecule has 0 saturated carbocycles. The van der Waals surface area contributed by atoms with Crippen LogP contribution in [0.3, 0.4) is 0 Å². The fourth-order valence-corrected chi connectivity index (χ4v) is 3.04. The molecule has 2 heterocycles. The normalized spacial score (nSPS) is 11.1. The van der Waals surface area contributed by atoms with Gasteiger partial charge in [0.1, 0.15) is 5.82 Å². The molecular formula is C11H6BrClN2S. The standard InChI is InChI=1S/C11H6BrClN2S/c12-10-4-3-9(16-10)11-14-7-2-1-6(13)5-8(7)15-11/h1-5H,(H,14,15). The van der Waals surface area contributed by atoms with E-state index in [4.69, 9.17) is 11.6 Å². The molecule has 2 nitrogen and oxygen atoms in total. The number of nitrogens with one attached hydrogen (secondary N) is 1. The molecule has 5 heteroatoms. The average Bonchev–Trinajstić information content (AvgIpc) is 2.83. The zero-order valence-electron chi connectivity index (χ0n) is 8.00.